The molecule has 2 saturated heterocycles. The summed E-state index contributed by atoms with van der Waals surface area (Å²) in [5, 5.41) is 5.53. The van der Waals surface area contributed by atoms with Gasteiger partial charge in [0.25, 0.3) is 0 Å². The lowest BCUT2D eigenvalue weighted by molar-refractivity contribution is -0.135. The Morgan fingerprint density at radius 3 is 1.57 bits per heavy atom. The van der Waals surface area contributed by atoms with Gasteiger partial charge in [0.2, 0.25) is 11.8 Å². The van der Waals surface area contributed by atoms with E-state index in [4.69, 9.17) is 19.4 Å². The standard InChI is InChI=1S/C59H70N8O6S2/c1-35-26-52(66(33-35)56(68)48(22-24-74-6)64-58(70)72-4)54-60-31-50(62-54)42-17-12-40(13-18-42)46-29-38-8-10-39-16-21-44(37(3)28-45(46)11-9-38)30-47(39)41-14-19-43(20-15-41)51-32-61-55(63-51)53-27-36(2)34-67(53)57(69)49(23-25-75-7)65-59(71)73-5/h9,11-21,29-32,35-37,48-49,52-53H,8,10,22-28,33-34H2,1-7H3,(H,60,62)(H,61,63)(H,64,70)(H,65,71). The number of benzene rings is 4. The summed E-state index contributed by atoms with van der Waals surface area (Å²) < 4.78 is 9.70. The monoisotopic (exact) mass is 1050 g/mol. The van der Waals surface area contributed by atoms with Crippen LogP contribution in [0.3, 0.4) is 0 Å². The summed E-state index contributed by atoms with van der Waals surface area (Å²) in [6, 6.07) is 29.7. The first kappa shape index (κ1) is 53.3. The fourth-order valence-electron chi connectivity index (χ4n) is 11.2. The molecule has 0 radical (unpaired) electrons. The molecule has 16 heteroatoms. The second-order valence-corrected chi connectivity index (χ2v) is 22.6. The Kier molecular flexibility index (Phi) is 17.1. The molecule has 2 aromatic heterocycles. The number of imidazole rings is 2. The van der Waals surface area contributed by atoms with Crippen molar-refractivity contribution in [2.75, 3.05) is 51.3 Å². The third-order valence-corrected chi connectivity index (χ3v) is 16.6. The predicted molar refractivity (Wildman–Crippen MR) is 300 cm³/mol. The van der Waals surface area contributed by atoms with Crippen molar-refractivity contribution in [1.29, 1.82) is 0 Å². The van der Waals surface area contributed by atoms with Gasteiger partial charge in [-0.1, -0.05) is 106 Å². The Hall–Kier alpha value is -6.52. The zero-order chi connectivity index (χ0) is 52.8. The highest BCUT2D eigenvalue weighted by Crippen LogP contribution is 2.40. The van der Waals surface area contributed by atoms with E-state index in [0.717, 1.165) is 77.8 Å². The molecule has 2 aliphatic heterocycles. The van der Waals surface area contributed by atoms with Crippen LogP contribution in [0.2, 0.25) is 0 Å². The molecule has 7 unspecified atom stereocenters. The Balaban J connectivity index is 0.889. The van der Waals surface area contributed by atoms with E-state index in [9.17, 15) is 19.2 Å². The van der Waals surface area contributed by atoms with Crippen LogP contribution in [-0.4, -0.2) is 117 Å². The van der Waals surface area contributed by atoms with Crippen molar-refractivity contribution in [1.82, 2.24) is 40.4 Å². The highest BCUT2D eigenvalue weighted by molar-refractivity contribution is 7.98. The van der Waals surface area contributed by atoms with E-state index in [-0.39, 0.29) is 41.7 Å². The normalized spacial score (nSPS) is 20.1. The maximum absolute atomic E-state index is 13.9. The fraction of sp³-hybridized carbons (Fsp3) is 0.424. The summed E-state index contributed by atoms with van der Waals surface area (Å²) in [4.78, 5) is 72.7. The number of methoxy groups -OCH3 is 2. The topological polar surface area (TPSA) is 175 Å². The van der Waals surface area contributed by atoms with Crippen LogP contribution in [0.15, 0.2) is 97.3 Å². The lowest BCUT2D eigenvalue weighted by Crippen LogP contribution is -2.49. The van der Waals surface area contributed by atoms with Gasteiger partial charge in [-0.25, -0.2) is 19.6 Å². The van der Waals surface area contributed by atoms with Gasteiger partial charge in [0.15, 0.2) is 0 Å². The molecular formula is C59H70N8O6S2. The van der Waals surface area contributed by atoms with Crippen molar-refractivity contribution in [3.8, 4) is 44.8 Å². The first-order valence-electron chi connectivity index (χ1n) is 26.2. The van der Waals surface area contributed by atoms with E-state index in [1.165, 1.54) is 58.7 Å². The molecule has 4 heterocycles. The molecular weight excluding hydrogens is 981 g/mol. The predicted octanol–water partition coefficient (Wildman–Crippen LogP) is 11.0. The number of aryl methyl sites for hydroxylation is 2. The number of aromatic amines is 2. The second kappa shape index (κ2) is 24.0. The van der Waals surface area contributed by atoms with Crippen molar-refractivity contribution in [3.05, 3.63) is 131 Å². The molecule has 4 aliphatic carbocycles. The van der Waals surface area contributed by atoms with Crippen LogP contribution in [0.25, 0.3) is 44.8 Å². The third kappa shape index (κ3) is 12.1. The largest absolute Gasteiger partial charge is 0.453 e. The number of alkyl carbamates (subject to hydrolysis) is 2. The van der Waals surface area contributed by atoms with E-state index >= 15 is 0 Å². The molecule has 0 saturated carbocycles. The number of nitrogens with one attached hydrogen (secondary N) is 4. The summed E-state index contributed by atoms with van der Waals surface area (Å²) in [5.41, 5.74) is 13.9. The van der Waals surface area contributed by atoms with Crippen molar-refractivity contribution in [2.45, 2.75) is 95.8 Å². The highest BCUT2D eigenvalue weighted by Gasteiger charge is 2.41. The third-order valence-electron chi connectivity index (χ3n) is 15.3. The Morgan fingerprint density at radius 2 is 1.09 bits per heavy atom. The first-order valence-corrected chi connectivity index (χ1v) is 29.0. The number of hydrogen-bond donors (Lipinski definition) is 4. The zero-order valence-electron chi connectivity index (χ0n) is 44.1. The Morgan fingerprint density at radius 1 is 0.627 bits per heavy atom. The molecule has 4 amide bonds. The molecule has 6 aromatic rings. The number of carbonyl (C=O) groups excluding carboxylic acids is 4. The summed E-state index contributed by atoms with van der Waals surface area (Å²) in [6.45, 7) is 7.80. The van der Waals surface area contributed by atoms with E-state index < -0.39 is 24.3 Å². The summed E-state index contributed by atoms with van der Waals surface area (Å²) in [6.07, 6.45) is 11.7. The van der Waals surface area contributed by atoms with Gasteiger partial charge >= 0.3 is 12.2 Å². The molecule has 75 heavy (non-hydrogen) atoms. The van der Waals surface area contributed by atoms with Gasteiger partial charge in [-0.15, -0.1) is 0 Å². The van der Waals surface area contributed by atoms with Gasteiger partial charge in [-0.05, 0) is 142 Å². The van der Waals surface area contributed by atoms with E-state index in [2.05, 4.69) is 126 Å². The van der Waals surface area contributed by atoms with Gasteiger partial charge in [0.05, 0.1) is 50.1 Å². The number of thioether (sulfide) groups is 2. The van der Waals surface area contributed by atoms with Crippen molar-refractivity contribution >= 4 is 47.5 Å². The highest BCUT2D eigenvalue weighted by atomic mass is 32.2. The number of aromatic nitrogens is 4. The molecule has 394 valence electrons. The molecule has 2 fully saturated rings. The Labute approximate surface area is 449 Å². The molecule has 12 rings (SSSR count). The fourth-order valence-corrected chi connectivity index (χ4v) is 12.1. The maximum atomic E-state index is 13.9. The molecule has 4 bridgehead atoms. The minimum atomic E-state index is -0.670. The minimum Gasteiger partial charge on any atom is -0.453 e. The average molecular weight is 1050 g/mol. The SMILES string of the molecule is COC(=O)NC(CCSC)C(=O)N1CC(C)CC1c1ncc(-c2ccc(-c3cc4ccc3CCc3ccc(c(-c5ccc(-c6cnc(C7CC(C)CN7C(=O)C(CCSC)NC(=O)OC)[nH]6)cc5)c3)CC4C)cc2)[nH]1. The number of hydrogen-bond acceptors (Lipinski definition) is 10. The van der Waals surface area contributed by atoms with Crippen LogP contribution in [0, 0.1) is 11.8 Å². The summed E-state index contributed by atoms with van der Waals surface area (Å²) in [7, 11) is 2.63. The molecule has 4 aromatic carbocycles. The van der Waals surface area contributed by atoms with Crippen LogP contribution < -0.4 is 10.6 Å². The van der Waals surface area contributed by atoms with E-state index in [1.807, 2.05) is 34.7 Å². The zero-order valence-corrected chi connectivity index (χ0v) is 45.7. The van der Waals surface area contributed by atoms with Crippen LogP contribution in [0.5, 0.6) is 0 Å². The van der Waals surface area contributed by atoms with Gasteiger partial charge in [-0.2, -0.15) is 23.5 Å². The average Bonchev–Trinajstić information content (AvgIpc) is 4.27. The molecule has 7 atom stereocenters. The van der Waals surface area contributed by atoms with E-state index in [1.54, 1.807) is 23.5 Å². The number of rotatable bonds is 16. The van der Waals surface area contributed by atoms with Crippen LogP contribution in [-0.2, 0) is 38.3 Å². The van der Waals surface area contributed by atoms with Gasteiger partial charge in [0.1, 0.15) is 23.7 Å². The molecule has 6 aliphatic rings. The van der Waals surface area contributed by atoms with Crippen LogP contribution >= 0.6 is 23.5 Å². The minimum absolute atomic E-state index is 0.113. The van der Waals surface area contributed by atoms with Crippen molar-refractivity contribution in [3.63, 3.8) is 0 Å². The maximum Gasteiger partial charge on any atom is 0.407 e. The van der Waals surface area contributed by atoms with E-state index in [0.29, 0.717) is 25.9 Å². The second-order valence-electron chi connectivity index (χ2n) is 20.7. The summed E-state index contributed by atoms with van der Waals surface area (Å²) in [5.74, 6) is 3.56. The lowest BCUT2D eigenvalue weighted by Gasteiger charge is -2.28. The van der Waals surface area contributed by atoms with Crippen molar-refractivity contribution < 1.29 is 28.7 Å². The molecule has 0 spiro atoms. The van der Waals surface area contributed by atoms with Crippen molar-refractivity contribution in [2.24, 2.45) is 11.8 Å². The smallest absolute Gasteiger partial charge is 0.407 e. The summed E-state index contributed by atoms with van der Waals surface area (Å²) >= 11 is 3.27. The number of carbonyl (C=O) groups is 4. The Bertz CT molecular complexity index is 2980. The first-order chi connectivity index (χ1) is 36.3. The quantitative estimate of drug-likeness (QED) is 0.0730. The number of amides is 4. The van der Waals surface area contributed by atoms with Gasteiger partial charge in [0, 0.05) is 13.1 Å². The van der Waals surface area contributed by atoms with Crippen LogP contribution in [0.1, 0.15) is 98.4 Å². The van der Waals surface area contributed by atoms with Gasteiger partial charge in [-0.3, -0.25) is 9.59 Å². The number of likely N-dealkylation sites (tertiary alicyclic amines) is 2. The number of nitrogens with zero attached hydrogens (tertiary/aromatic N) is 4. The number of ether oxygens (including phenoxy) is 2. The molecule has 14 nitrogen and oxygen atoms in total. The molecule has 4 N–H and O–H groups in total. The lowest BCUT2D eigenvalue weighted by atomic mass is 9.84. The van der Waals surface area contributed by atoms with Crippen LogP contribution in [0.4, 0.5) is 9.59 Å². The van der Waals surface area contributed by atoms with Gasteiger partial charge < -0.3 is 39.9 Å². The number of H-pyrrole nitrogens is 2.